The molecule has 54 heavy (non-hydrogen) atoms. The number of carboxylic acids is 1. The number of imidazole rings is 2. The number of rotatable bonds is 8. The Labute approximate surface area is 329 Å². The molecule has 2 aromatic carbocycles. The summed E-state index contributed by atoms with van der Waals surface area (Å²) in [6, 6.07) is 9.89. The molecule has 0 aliphatic carbocycles. The van der Waals surface area contributed by atoms with E-state index in [-0.39, 0.29) is 76.9 Å². The van der Waals surface area contributed by atoms with Crippen LogP contribution >= 0.6 is 0 Å². The molecule has 0 bridgehead atoms. The van der Waals surface area contributed by atoms with Gasteiger partial charge in [-0.3, -0.25) is 18.7 Å². The molecule has 4 N–H and O–H groups in total. The van der Waals surface area contributed by atoms with Crippen LogP contribution in [0.15, 0.2) is 70.0 Å². The third-order valence-electron chi connectivity index (χ3n) is 10.7. The maximum atomic E-state index is 12.7. The summed E-state index contributed by atoms with van der Waals surface area (Å²) in [6.45, 7) is 6.69. The first-order valence-corrected chi connectivity index (χ1v) is 17.0. The number of β-lactam (4-membered cyclic amide) rings is 2. The third-order valence-corrected chi connectivity index (χ3v) is 10.7. The number of aromatic amines is 2. The number of aryl methyl sites for hydroxylation is 2. The van der Waals surface area contributed by atoms with Crippen LogP contribution in [0.1, 0.15) is 37.8 Å². The number of fused-ring (bicyclic) bond motifs is 4. The average Bonchev–Trinajstić information content (AvgIpc) is 3.82. The van der Waals surface area contributed by atoms with Gasteiger partial charge in [-0.15, -0.1) is 0 Å². The minimum atomic E-state index is -1.42. The Morgan fingerprint density at radius 2 is 1.37 bits per heavy atom. The first kappa shape index (κ1) is 38.7. The molecular formula is C37H37N6NaO10. The molecule has 17 heteroatoms. The third kappa shape index (κ3) is 5.98. The molecule has 8 rings (SSSR count). The van der Waals surface area contributed by atoms with Gasteiger partial charge in [0.05, 0.1) is 69.9 Å². The number of aliphatic hydroxyl groups is 2. The van der Waals surface area contributed by atoms with E-state index in [0.29, 0.717) is 40.6 Å². The van der Waals surface area contributed by atoms with Crippen molar-refractivity contribution in [2.75, 3.05) is 6.61 Å². The van der Waals surface area contributed by atoms with Gasteiger partial charge >= 0.3 is 46.9 Å². The van der Waals surface area contributed by atoms with Crippen molar-refractivity contribution >= 4 is 57.0 Å². The molecule has 2 saturated heterocycles. The van der Waals surface area contributed by atoms with Crippen LogP contribution in [-0.4, -0.2) is 93.8 Å². The molecule has 2 aromatic heterocycles. The van der Waals surface area contributed by atoms with E-state index in [1.54, 1.807) is 48.4 Å². The van der Waals surface area contributed by atoms with E-state index < -0.39 is 41.9 Å². The van der Waals surface area contributed by atoms with E-state index in [0.717, 1.165) is 16.6 Å². The second kappa shape index (κ2) is 14.3. The fraction of sp³-hybridized carbons (Fsp3) is 0.351. The Hall–Kier alpha value is -5.00. The summed E-state index contributed by atoms with van der Waals surface area (Å²) in [5.74, 6) is -3.85. The Bertz CT molecular complexity index is 2450. The van der Waals surface area contributed by atoms with Crippen molar-refractivity contribution in [2.45, 2.75) is 51.0 Å². The van der Waals surface area contributed by atoms with Gasteiger partial charge in [0.1, 0.15) is 12.3 Å². The van der Waals surface area contributed by atoms with E-state index in [1.165, 1.54) is 22.8 Å². The van der Waals surface area contributed by atoms with Gasteiger partial charge < -0.3 is 44.6 Å². The molecule has 2 fully saturated rings. The molecule has 16 nitrogen and oxygen atoms in total. The molecular weight excluding hydrogens is 711 g/mol. The Balaban J connectivity index is 0.000000184. The van der Waals surface area contributed by atoms with Crippen LogP contribution in [0.2, 0.25) is 0 Å². The molecule has 2 amide bonds. The zero-order valence-corrected chi connectivity index (χ0v) is 32.3. The number of esters is 1. The standard InChI is InChI=1S/C21H23N3O5.C16H15N3O5.Na/c1-5-8-29-20(27)18-13(10-16-17(11(2)25)19(26)24(16)18)12-6-7-14-15(9-12)23(4)21(28)22(14)3;1-6(20)12-11-5-8(13(15(22)23)19(11)14(12)21)7-2-3-9-10(4-7)18-16(24)17-9;/h5-7,9,11,16-17,25H,1,8,10H2,2-4H3;2-4,6,11-12,20H,5H2,1H3,(H,22,23)(H2,17,18,24);/q;;+1/p-1/t11-,16-,17-;6-,11-,12-;/m11./s1. The van der Waals surface area contributed by atoms with Crippen molar-refractivity contribution in [3.8, 4) is 0 Å². The minimum absolute atomic E-state index is 0. The van der Waals surface area contributed by atoms with Gasteiger partial charge in [0.2, 0.25) is 11.8 Å². The number of carbonyl (C=O) groups is 4. The summed E-state index contributed by atoms with van der Waals surface area (Å²) in [5, 5.41) is 31.3. The molecule has 6 atom stereocenters. The molecule has 0 unspecified atom stereocenters. The van der Waals surface area contributed by atoms with Crippen molar-refractivity contribution in [2.24, 2.45) is 25.9 Å². The number of hydrogen-bond donors (Lipinski definition) is 4. The number of ether oxygens (including phenoxy) is 1. The molecule has 276 valence electrons. The van der Waals surface area contributed by atoms with Crippen molar-refractivity contribution in [1.82, 2.24) is 28.9 Å². The van der Waals surface area contributed by atoms with E-state index in [2.05, 4.69) is 16.5 Å². The predicted octanol–water partition coefficient (Wildman–Crippen LogP) is -3.14. The van der Waals surface area contributed by atoms with Gasteiger partial charge in [0.15, 0.2) is 0 Å². The molecule has 6 heterocycles. The van der Waals surface area contributed by atoms with Crippen LogP contribution in [0.25, 0.3) is 33.2 Å². The van der Waals surface area contributed by atoms with Crippen LogP contribution < -0.4 is 46.0 Å². The largest absolute Gasteiger partial charge is 1.00 e. The Morgan fingerprint density at radius 3 is 1.94 bits per heavy atom. The van der Waals surface area contributed by atoms with Gasteiger partial charge in [0.25, 0.3) is 0 Å². The SMILES string of the molecule is C=CCOC(=O)C1=C(c2ccc3c(c2)n(C)c(=O)n3C)C[C@@H]2[C@@H]([C@@H](C)O)C(=O)N12.C[C@@H](O)[C@H]1C(=O)N2C(C(=O)[O-])=C(c3ccc4[nH]c(=O)[nH]c4c3)C[C@H]12.[Na+]. The molecule has 0 radical (unpaired) electrons. The number of aromatic nitrogens is 4. The van der Waals surface area contributed by atoms with Gasteiger partial charge in [-0.25, -0.2) is 14.4 Å². The van der Waals surface area contributed by atoms with Crippen LogP contribution in [0, 0.1) is 11.8 Å². The molecule has 4 aliphatic rings. The summed E-state index contributed by atoms with van der Waals surface area (Å²) in [7, 11) is 3.39. The number of nitrogens with one attached hydrogen (secondary N) is 2. The van der Waals surface area contributed by atoms with E-state index >= 15 is 0 Å². The van der Waals surface area contributed by atoms with E-state index in [9.17, 15) is 44.1 Å². The molecule has 4 aliphatic heterocycles. The first-order chi connectivity index (χ1) is 25.2. The molecule has 4 aromatic rings. The van der Waals surface area contributed by atoms with Crippen LogP contribution in [0.4, 0.5) is 0 Å². The zero-order chi connectivity index (χ0) is 38.2. The average molecular weight is 749 g/mol. The summed E-state index contributed by atoms with van der Waals surface area (Å²) in [6.07, 6.45) is 0.583. The summed E-state index contributed by atoms with van der Waals surface area (Å²) in [5.41, 5.74) is 4.73. The number of aliphatic hydroxyl groups excluding tert-OH is 2. The monoisotopic (exact) mass is 748 g/mol. The number of nitrogens with zero attached hydrogens (tertiary/aromatic N) is 4. The number of H-pyrrole nitrogens is 2. The molecule has 0 spiro atoms. The van der Waals surface area contributed by atoms with Gasteiger partial charge in [-0.05, 0) is 73.2 Å². The number of hydrogen-bond acceptors (Lipinski definition) is 10. The first-order valence-electron chi connectivity index (χ1n) is 17.0. The van der Waals surface area contributed by atoms with Crippen molar-refractivity contribution in [3.63, 3.8) is 0 Å². The fourth-order valence-electron chi connectivity index (χ4n) is 8.15. The second-order valence-corrected chi connectivity index (χ2v) is 13.8. The van der Waals surface area contributed by atoms with Crippen molar-refractivity contribution in [3.05, 3.63) is 92.5 Å². The predicted molar refractivity (Wildman–Crippen MR) is 188 cm³/mol. The topological polar surface area (TPSA) is 223 Å². The fourth-order valence-corrected chi connectivity index (χ4v) is 8.15. The number of carboxylic acid groups (broad SMARTS) is 1. The van der Waals surface area contributed by atoms with Crippen LogP contribution in [-0.2, 0) is 38.0 Å². The van der Waals surface area contributed by atoms with E-state index in [4.69, 9.17) is 4.74 Å². The maximum absolute atomic E-state index is 12.7. The second-order valence-electron chi connectivity index (χ2n) is 13.8. The quantitative estimate of drug-likeness (QED) is 0.0614. The maximum Gasteiger partial charge on any atom is 1.00 e. The van der Waals surface area contributed by atoms with Crippen LogP contribution in [0.5, 0.6) is 0 Å². The minimum Gasteiger partial charge on any atom is -0.543 e. The van der Waals surface area contributed by atoms with Gasteiger partial charge in [0, 0.05) is 14.1 Å². The normalized spacial score (nSPS) is 22.6. The Kier molecular flexibility index (Phi) is 10.3. The van der Waals surface area contributed by atoms with Crippen molar-refractivity contribution in [1.29, 1.82) is 0 Å². The van der Waals surface area contributed by atoms with Crippen LogP contribution in [0.3, 0.4) is 0 Å². The zero-order valence-electron chi connectivity index (χ0n) is 30.3. The summed E-state index contributed by atoms with van der Waals surface area (Å²) < 4.78 is 8.33. The summed E-state index contributed by atoms with van der Waals surface area (Å²) in [4.78, 5) is 80.6. The number of carbonyl (C=O) groups excluding carboxylic acids is 4. The summed E-state index contributed by atoms with van der Waals surface area (Å²) >= 11 is 0. The van der Waals surface area contributed by atoms with Crippen molar-refractivity contribution < 1.29 is 68.8 Å². The van der Waals surface area contributed by atoms with Gasteiger partial charge in [-0.2, -0.15) is 0 Å². The van der Waals surface area contributed by atoms with E-state index in [1.807, 2.05) is 18.2 Å². The number of benzene rings is 2. The number of aliphatic carboxylic acids is 1. The number of amides is 2. The van der Waals surface area contributed by atoms with Gasteiger partial charge in [-0.1, -0.05) is 24.8 Å². The smallest absolute Gasteiger partial charge is 0.543 e. The Morgan fingerprint density at radius 1 is 0.852 bits per heavy atom. The molecule has 0 saturated carbocycles.